The molecule has 2 rings (SSSR count). The Morgan fingerprint density at radius 3 is 3.06 bits per heavy atom. The van der Waals surface area contributed by atoms with Gasteiger partial charge in [0.05, 0.1) is 12.4 Å². The summed E-state index contributed by atoms with van der Waals surface area (Å²) in [5.41, 5.74) is 0.00870. The van der Waals surface area contributed by atoms with E-state index < -0.39 is 5.97 Å². The Balaban J connectivity index is 2.18. The molecule has 1 fully saturated rings. The lowest BCUT2D eigenvalue weighted by Gasteiger charge is -2.20. The Morgan fingerprint density at radius 1 is 1.38 bits per heavy atom. The first-order valence-electron chi connectivity index (χ1n) is 5.15. The third kappa shape index (κ3) is 2.63. The second-order valence-corrected chi connectivity index (χ2v) is 4.75. The zero-order chi connectivity index (χ0) is 11.4. The molecule has 0 bridgehead atoms. The predicted octanol–water partition coefficient (Wildman–Crippen LogP) is 1.12. The minimum absolute atomic E-state index is 0.00870. The molecule has 0 aromatic carbocycles. The fraction of sp³-hybridized carbons (Fsp3) is 0.500. The normalized spacial score (nSPS) is 16.9. The van der Waals surface area contributed by atoms with E-state index in [2.05, 4.69) is 14.9 Å². The molecule has 86 valence electrons. The highest BCUT2D eigenvalue weighted by atomic mass is 32.2. The van der Waals surface area contributed by atoms with Crippen molar-refractivity contribution < 1.29 is 9.90 Å². The lowest BCUT2D eigenvalue weighted by molar-refractivity contribution is 0.0690. The maximum Gasteiger partial charge on any atom is 0.356 e. The largest absolute Gasteiger partial charge is 0.476 e. The molecule has 1 aliphatic rings. The molecular formula is C10H13N3O2S. The molecule has 2 heterocycles. The summed E-state index contributed by atoms with van der Waals surface area (Å²) in [6, 6.07) is 0. The highest BCUT2D eigenvalue weighted by Gasteiger charge is 2.13. The number of rotatable bonds is 2. The van der Waals surface area contributed by atoms with Crippen molar-refractivity contribution in [1.82, 2.24) is 9.97 Å². The highest BCUT2D eigenvalue weighted by Crippen LogP contribution is 2.16. The number of anilines is 1. The van der Waals surface area contributed by atoms with E-state index in [0.29, 0.717) is 5.82 Å². The molecule has 0 radical (unpaired) electrons. The van der Waals surface area contributed by atoms with Gasteiger partial charge in [-0.2, -0.15) is 11.8 Å². The molecule has 6 heteroatoms. The van der Waals surface area contributed by atoms with E-state index >= 15 is 0 Å². The summed E-state index contributed by atoms with van der Waals surface area (Å²) in [4.78, 5) is 20.9. The van der Waals surface area contributed by atoms with Gasteiger partial charge in [0.15, 0.2) is 5.69 Å². The van der Waals surface area contributed by atoms with Crippen LogP contribution in [0.2, 0.25) is 0 Å². The van der Waals surface area contributed by atoms with Gasteiger partial charge in [0.1, 0.15) is 5.82 Å². The molecule has 0 unspecified atom stereocenters. The molecule has 1 aliphatic heterocycles. The first kappa shape index (κ1) is 11.2. The summed E-state index contributed by atoms with van der Waals surface area (Å²) in [7, 11) is 0. The zero-order valence-corrected chi connectivity index (χ0v) is 9.61. The summed E-state index contributed by atoms with van der Waals surface area (Å²) in [6.07, 6.45) is 4.00. The molecule has 0 atom stereocenters. The predicted molar refractivity (Wildman–Crippen MR) is 63.1 cm³/mol. The number of carboxylic acids is 1. The number of nitrogens with zero attached hydrogens (tertiary/aromatic N) is 3. The summed E-state index contributed by atoms with van der Waals surface area (Å²) >= 11 is 1.92. The molecule has 0 saturated carbocycles. The second-order valence-electron chi connectivity index (χ2n) is 3.52. The maximum atomic E-state index is 10.8. The second kappa shape index (κ2) is 5.16. The van der Waals surface area contributed by atoms with Crippen LogP contribution in [0, 0.1) is 0 Å². The van der Waals surface area contributed by atoms with Crippen LogP contribution in [-0.2, 0) is 0 Å². The first-order chi connectivity index (χ1) is 7.77. The van der Waals surface area contributed by atoms with Crippen LogP contribution in [0.1, 0.15) is 16.9 Å². The van der Waals surface area contributed by atoms with E-state index in [1.54, 1.807) is 6.20 Å². The molecule has 0 amide bonds. The third-order valence-electron chi connectivity index (χ3n) is 2.39. The van der Waals surface area contributed by atoms with E-state index in [1.165, 1.54) is 6.20 Å². The average molecular weight is 239 g/mol. The van der Waals surface area contributed by atoms with Crippen LogP contribution in [0.25, 0.3) is 0 Å². The third-order valence-corrected chi connectivity index (χ3v) is 3.44. The lowest BCUT2D eigenvalue weighted by atomic mass is 10.4. The van der Waals surface area contributed by atoms with Crippen LogP contribution in [-0.4, -0.2) is 45.6 Å². The van der Waals surface area contributed by atoms with Crippen LogP contribution in [0.3, 0.4) is 0 Å². The van der Waals surface area contributed by atoms with E-state index in [9.17, 15) is 4.79 Å². The molecule has 1 aromatic heterocycles. The number of aromatic carboxylic acids is 1. The van der Waals surface area contributed by atoms with Crippen molar-refractivity contribution in [2.24, 2.45) is 0 Å². The van der Waals surface area contributed by atoms with Crippen molar-refractivity contribution in [3.05, 3.63) is 18.1 Å². The lowest BCUT2D eigenvalue weighted by Crippen LogP contribution is -2.27. The number of thioether (sulfide) groups is 1. The molecule has 1 N–H and O–H groups in total. The Bertz CT molecular complexity index is 378. The van der Waals surface area contributed by atoms with Gasteiger partial charge < -0.3 is 10.0 Å². The van der Waals surface area contributed by atoms with Gasteiger partial charge in [-0.3, -0.25) is 4.98 Å². The zero-order valence-electron chi connectivity index (χ0n) is 8.80. The van der Waals surface area contributed by atoms with Gasteiger partial charge in [-0.25, -0.2) is 9.78 Å². The Labute approximate surface area is 97.9 Å². The van der Waals surface area contributed by atoms with Crippen molar-refractivity contribution in [3.8, 4) is 0 Å². The molecule has 1 aromatic rings. The SMILES string of the molecule is O=C(O)c1cncc(N2CCCSCC2)n1. The van der Waals surface area contributed by atoms with Gasteiger partial charge in [0.25, 0.3) is 0 Å². The van der Waals surface area contributed by atoms with E-state index in [-0.39, 0.29) is 5.69 Å². The van der Waals surface area contributed by atoms with Crippen LogP contribution in [0.4, 0.5) is 5.82 Å². The van der Waals surface area contributed by atoms with Crippen molar-refractivity contribution >= 4 is 23.5 Å². The van der Waals surface area contributed by atoms with Crippen LogP contribution in [0.5, 0.6) is 0 Å². The van der Waals surface area contributed by atoms with E-state index in [1.807, 2.05) is 11.8 Å². The van der Waals surface area contributed by atoms with Gasteiger partial charge >= 0.3 is 5.97 Å². The molecule has 1 saturated heterocycles. The van der Waals surface area contributed by atoms with Gasteiger partial charge in [-0.1, -0.05) is 0 Å². The standard InChI is InChI=1S/C10H13N3O2S/c14-10(15)8-6-11-7-9(12-8)13-2-1-4-16-5-3-13/h6-7H,1-5H2,(H,14,15). The highest BCUT2D eigenvalue weighted by molar-refractivity contribution is 7.99. The van der Waals surface area contributed by atoms with E-state index in [0.717, 1.165) is 31.0 Å². The fourth-order valence-corrected chi connectivity index (χ4v) is 2.47. The molecule has 5 nitrogen and oxygen atoms in total. The van der Waals surface area contributed by atoms with Crippen molar-refractivity contribution in [2.75, 3.05) is 29.5 Å². The Morgan fingerprint density at radius 2 is 2.25 bits per heavy atom. The van der Waals surface area contributed by atoms with Crippen LogP contribution in [0.15, 0.2) is 12.4 Å². The Hall–Kier alpha value is -1.30. The Kier molecular flexibility index (Phi) is 3.61. The quantitative estimate of drug-likeness (QED) is 0.834. The first-order valence-corrected chi connectivity index (χ1v) is 6.31. The van der Waals surface area contributed by atoms with Crippen LogP contribution < -0.4 is 4.90 Å². The van der Waals surface area contributed by atoms with Crippen LogP contribution >= 0.6 is 11.8 Å². The summed E-state index contributed by atoms with van der Waals surface area (Å²) < 4.78 is 0. The van der Waals surface area contributed by atoms with Gasteiger partial charge in [0, 0.05) is 18.8 Å². The van der Waals surface area contributed by atoms with Crippen molar-refractivity contribution in [1.29, 1.82) is 0 Å². The fourth-order valence-electron chi connectivity index (χ4n) is 1.59. The van der Waals surface area contributed by atoms with Gasteiger partial charge in [-0.15, -0.1) is 0 Å². The monoisotopic (exact) mass is 239 g/mol. The number of hydrogen-bond acceptors (Lipinski definition) is 5. The number of aromatic nitrogens is 2. The summed E-state index contributed by atoms with van der Waals surface area (Å²) in [6.45, 7) is 1.83. The summed E-state index contributed by atoms with van der Waals surface area (Å²) in [5, 5.41) is 8.84. The van der Waals surface area contributed by atoms with Gasteiger partial charge in [0.2, 0.25) is 0 Å². The topological polar surface area (TPSA) is 66.3 Å². The average Bonchev–Trinajstić information content (AvgIpc) is 2.57. The van der Waals surface area contributed by atoms with Crippen molar-refractivity contribution in [3.63, 3.8) is 0 Å². The number of carboxylic acid groups (broad SMARTS) is 1. The molecule has 0 spiro atoms. The minimum atomic E-state index is -1.03. The maximum absolute atomic E-state index is 10.8. The molecular weight excluding hydrogens is 226 g/mol. The van der Waals surface area contributed by atoms with Crippen molar-refractivity contribution in [2.45, 2.75) is 6.42 Å². The van der Waals surface area contributed by atoms with E-state index in [4.69, 9.17) is 5.11 Å². The molecule has 16 heavy (non-hydrogen) atoms. The van der Waals surface area contributed by atoms with Gasteiger partial charge in [-0.05, 0) is 12.2 Å². The minimum Gasteiger partial charge on any atom is -0.476 e. The number of hydrogen-bond donors (Lipinski definition) is 1. The molecule has 0 aliphatic carbocycles. The summed E-state index contributed by atoms with van der Waals surface area (Å²) in [5.74, 6) is 1.85. The number of carbonyl (C=O) groups is 1. The smallest absolute Gasteiger partial charge is 0.356 e.